The Kier molecular flexibility index (Phi) is 5.26. The minimum absolute atomic E-state index is 0.136. The lowest BCUT2D eigenvalue weighted by atomic mass is 10.1. The molecule has 0 aromatic heterocycles. The third-order valence-electron chi connectivity index (χ3n) is 2.88. The topological polar surface area (TPSA) is 3.24 Å². The summed E-state index contributed by atoms with van der Waals surface area (Å²) < 4.78 is 13.8. The molecule has 0 amide bonds. The molecule has 1 aromatic rings. The summed E-state index contributed by atoms with van der Waals surface area (Å²) >= 11 is 3.40. The molecule has 3 heteroatoms. The van der Waals surface area contributed by atoms with Crippen molar-refractivity contribution in [3.63, 3.8) is 0 Å². The van der Waals surface area contributed by atoms with E-state index >= 15 is 0 Å². The van der Waals surface area contributed by atoms with E-state index in [2.05, 4.69) is 29.8 Å². The highest BCUT2D eigenvalue weighted by Crippen LogP contribution is 2.26. The van der Waals surface area contributed by atoms with E-state index in [-0.39, 0.29) is 5.82 Å². The smallest absolute Gasteiger partial charge is 0.146 e. The quantitative estimate of drug-likeness (QED) is 0.734. The van der Waals surface area contributed by atoms with Gasteiger partial charge in [0.05, 0.1) is 5.69 Å². The van der Waals surface area contributed by atoms with Crippen LogP contribution in [-0.2, 0) is 5.33 Å². The van der Waals surface area contributed by atoms with E-state index in [4.69, 9.17) is 0 Å². The van der Waals surface area contributed by atoms with E-state index in [1.54, 1.807) is 6.07 Å². The first-order chi connectivity index (χ1) is 7.60. The Labute approximate surface area is 106 Å². The molecular weight excluding hydrogens is 269 g/mol. The first-order valence-electron chi connectivity index (χ1n) is 5.64. The molecule has 1 nitrogen and oxygen atoms in total. The number of anilines is 1. The number of nitrogens with zero attached hydrogens (tertiary/aromatic N) is 1. The van der Waals surface area contributed by atoms with E-state index in [1.807, 2.05) is 18.0 Å². The van der Waals surface area contributed by atoms with E-state index in [0.717, 1.165) is 24.2 Å². The molecule has 0 spiro atoms. The Balaban J connectivity index is 2.93. The van der Waals surface area contributed by atoms with Gasteiger partial charge in [-0.25, -0.2) is 4.39 Å². The van der Waals surface area contributed by atoms with Crippen molar-refractivity contribution in [3.05, 3.63) is 29.6 Å². The zero-order valence-electron chi connectivity index (χ0n) is 10.1. The van der Waals surface area contributed by atoms with Gasteiger partial charge in [0.25, 0.3) is 0 Å². The SMILES string of the molecule is CCC(C)CN(C)c1c(F)cccc1CBr. The second-order valence-corrected chi connectivity index (χ2v) is 4.84. The first-order valence-corrected chi connectivity index (χ1v) is 6.76. The molecule has 0 heterocycles. The summed E-state index contributed by atoms with van der Waals surface area (Å²) in [7, 11) is 1.96. The maximum atomic E-state index is 13.8. The van der Waals surface area contributed by atoms with Gasteiger partial charge < -0.3 is 4.90 Å². The molecule has 1 atom stereocenters. The van der Waals surface area contributed by atoms with E-state index in [9.17, 15) is 4.39 Å². The van der Waals surface area contributed by atoms with E-state index in [1.165, 1.54) is 6.07 Å². The molecule has 0 fully saturated rings. The summed E-state index contributed by atoms with van der Waals surface area (Å²) in [5, 5.41) is 0.685. The fraction of sp³-hybridized carbons (Fsp3) is 0.538. The van der Waals surface area contributed by atoms with Crippen LogP contribution in [0, 0.1) is 11.7 Å². The lowest BCUT2D eigenvalue weighted by Gasteiger charge is -2.25. The molecule has 0 N–H and O–H groups in total. The maximum absolute atomic E-state index is 13.8. The first kappa shape index (κ1) is 13.5. The van der Waals surface area contributed by atoms with Crippen molar-refractivity contribution in [3.8, 4) is 0 Å². The van der Waals surface area contributed by atoms with Crippen LogP contribution in [0.2, 0.25) is 0 Å². The molecule has 0 aliphatic heterocycles. The van der Waals surface area contributed by atoms with Crippen LogP contribution in [-0.4, -0.2) is 13.6 Å². The van der Waals surface area contributed by atoms with Crippen molar-refractivity contribution >= 4 is 21.6 Å². The molecular formula is C13H19BrFN. The average molecular weight is 288 g/mol. The Morgan fingerprint density at radius 3 is 2.69 bits per heavy atom. The van der Waals surface area contributed by atoms with Gasteiger partial charge in [-0.15, -0.1) is 0 Å². The molecule has 0 saturated carbocycles. The van der Waals surface area contributed by atoms with Crippen LogP contribution < -0.4 is 4.90 Å². The third kappa shape index (κ3) is 3.21. The van der Waals surface area contributed by atoms with Crippen LogP contribution in [0.25, 0.3) is 0 Å². The van der Waals surface area contributed by atoms with Crippen molar-refractivity contribution in [2.24, 2.45) is 5.92 Å². The van der Waals surface area contributed by atoms with Crippen LogP contribution in [0.1, 0.15) is 25.8 Å². The summed E-state index contributed by atoms with van der Waals surface area (Å²) in [6.45, 7) is 5.23. The Bertz CT molecular complexity index is 341. The Morgan fingerprint density at radius 1 is 1.44 bits per heavy atom. The lowest BCUT2D eigenvalue weighted by Crippen LogP contribution is -2.25. The summed E-state index contributed by atoms with van der Waals surface area (Å²) in [4.78, 5) is 2.01. The molecule has 0 bridgehead atoms. The summed E-state index contributed by atoms with van der Waals surface area (Å²) in [6, 6.07) is 5.24. The molecule has 1 aromatic carbocycles. The van der Waals surface area contributed by atoms with Crippen LogP contribution in [0.5, 0.6) is 0 Å². The summed E-state index contributed by atoms with van der Waals surface area (Å²) in [5.41, 5.74) is 1.73. The van der Waals surface area contributed by atoms with Gasteiger partial charge in [0.2, 0.25) is 0 Å². The molecule has 0 radical (unpaired) electrons. The van der Waals surface area contributed by atoms with Gasteiger partial charge in [0.15, 0.2) is 0 Å². The van der Waals surface area contributed by atoms with Gasteiger partial charge in [0, 0.05) is 18.9 Å². The zero-order valence-corrected chi connectivity index (χ0v) is 11.7. The number of rotatable bonds is 5. The number of benzene rings is 1. The van der Waals surface area contributed by atoms with E-state index < -0.39 is 0 Å². The minimum atomic E-state index is -0.136. The molecule has 0 aliphatic carbocycles. The molecule has 0 saturated heterocycles. The van der Waals surface area contributed by atoms with Crippen molar-refractivity contribution in [1.29, 1.82) is 0 Å². The number of halogens is 2. The second-order valence-electron chi connectivity index (χ2n) is 4.28. The third-order valence-corrected chi connectivity index (χ3v) is 3.48. The van der Waals surface area contributed by atoms with Gasteiger partial charge >= 0.3 is 0 Å². The normalized spacial score (nSPS) is 12.6. The predicted molar refractivity (Wildman–Crippen MR) is 71.8 cm³/mol. The number of hydrogen-bond donors (Lipinski definition) is 0. The molecule has 0 aliphatic rings. The maximum Gasteiger partial charge on any atom is 0.146 e. The van der Waals surface area contributed by atoms with Crippen molar-refractivity contribution < 1.29 is 4.39 Å². The Hall–Kier alpha value is -0.570. The van der Waals surface area contributed by atoms with Gasteiger partial charge in [-0.1, -0.05) is 48.3 Å². The van der Waals surface area contributed by atoms with Gasteiger partial charge in [-0.2, -0.15) is 0 Å². The monoisotopic (exact) mass is 287 g/mol. The summed E-state index contributed by atoms with van der Waals surface area (Å²) in [5.74, 6) is 0.440. The standard InChI is InChI=1S/C13H19BrFN/c1-4-10(2)9-16(3)13-11(8-14)6-5-7-12(13)15/h5-7,10H,4,8-9H2,1-3H3. The average Bonchev–Trinajstić information content (AvgIpc) is 2.28. The van der Waals surface area contributed by atoms with Crippen molar-refractivity contribution in [1.82, 2.24) is 0 Å². The van der Waals surface area contributed by atoms with Gasteiger partial charge in [-0.05, 0) is 17.5 Å². The highest BCUT2D eigenvalue weighted by molar-refractivity contribution is 9.08. The molecule has 1 unspecified atom stereocenters. The van der Waals surface area contributed by atoms with Crippen molar-refractivity contribution in [2.45, 2.75) is 25.6 Å². The number of hydrogen-bond acceptors (Lipinski definition) is 1. The second kappa shape index (κ2) is 6.24. The fourth-order valence-electron chi connectivity index (χ4n) is 1.78. The van der Waals surface area contributed by atoms with Gasteiger partial charge in [0.1, 0.15) is 5.82 Å². The fourth-order valence-corrected chi connectivity index (χ4v) is 2.24. The van der Waals surface area contributed by atoms with Crippen LogP contribution in [0.4, 0.5) is 10.1 Å². The highest BCUT2D eigenvalue weighted by Gasteiger charge is 2.13. The molecule has 16 heavy (non-hydrogen) atoms. The number of para-hydroxylation sites is 1. The van der Waals surface area contributed by atoms with Crippen LogP contribution in [0.15, 0.2) is 18.2 Å². The van der Waals surface area contributed by atoms with Crippen LogP contribution >= 0.6 is 15.9 Å². The van der Waals surface area contributed by atoms with Gasteiger partial charge in [-0.3, -0.25) is 0 Å². The number of alkyl halides is 1. The van der Waals surface area contributed by atoms with Crippen molar-refractivity contribution in [2.75, 3.05) is 18.5 Å². The molecule has 1 rings (SSSR count). The van der Waals surface area contributed by atoms with Crippen LogP contribution in [0.3, 0.4) is 0 Å². The largest absolute Gasteiger partial charge is 0.372 e. The molecule has 90 valence electrons. The predicted octanol–water partition coefficient (Wildman–Crippen LogP) is 4.20. The van der Waals surface area contributed by atoms with E-state index in [0.29, 0.717) is 11.2 Å². The minimum Gasteiger partial charge on any atom is -0.372 e. The highest BCUT2D eigenvalue weighted by atomic mass is 79.9. The summed E-state index contributed by atoms with van der Waals surface area (Å²) in [6.07, 6.45) is 1.11. The zero-order chi connectivity index (χ0) is 12.1. The Morgan fingerprint density at radius 2 is 2.12 bits per heavy atom. The lowest BCUT2D eigenvalue weighted by molar-refractivity contribution is 0.549.